The molecule has 0 unspecified atom stereocenters. The van der Waals surface area contributed by atoms with E-state index in [2.05, 4.69) is 0 Å². The van der Waals surface area contributed by atoms with Gasteiger partial charge in [-0.3, -0.25) is 4.79 Å². The highest BCUT2D eigenvalue weighted by atomic mass is 35.5. The van der Waals surface area contributed by atoms with Gasteiger partial charge in [0.05, 0.1) is 0 Å². The van der Waals surface area contributed by atoms with E-state index in [-0.39, 0.29) is 12.2 Å². The summed E-state index contributed by atoms with van der Waals surface area (Å²) in [6.45, 7) is 3.50. The van der Waals surface area contributed by atoms with E-state index < -0.39 is 5.97 Å². The van der Waals surface area contributed by atoms with Crippen LogP contribution in [-0.4, -0.2) is 16.2 Å². The van der Waals surface area contributed by atoms with E-state index in [0.29, 0.717) is 28.1 Å². The highest BCUT2D eigenvalue weighted by molar-refractivity contribution is 6.31. The lowest BCUT2D eigenvalue weighted by atomic mass is 10.00. The van der Waals surface area contributed by atoms with Crippen molar-refractivity contribution in [2.24, 2.45) is 0 Å². The molecule has 1 aromatic rings. The zero-order valence-electron chi connectivity index (χ0n) is 8.67. The number of hydrogen-bond donors (Lipinski definition) is 2. The minimum atomic E-state index is -0.870. The molecular formula is C11H13ClO3. The first-order chi connectivity index (χ1) is 6.93. The Morgan fingerprint density at radius 2 is 2.07 bits per heavy atom. The van der Waals surface area contributed by atoms with Crippen LogP contribution in [0.15, 0.2) is 6.07 Å². The fraction of sp³-hybridized carbons (Fsp3) is 0.364. The second-order valence-electron chi connectivity index (χ2n) is 3.52. The fourth-order valence-corrected chi connectivity index (χ4v) is 1.90. The molecule has 0 aromatic heterocycles. The number of rotatable bonds is 3. The zero-order valence-corrected chi connectivity index (χ0v) is 9.43. The Hall–Kier alpha value is -1.22. The van der Waals surface area contributed by atoms with Gasteiger partial charge in [-0.2, -0.15) is 0 Å². The number of phenolic OH excluding ortho intramolecular Hbond substituents is 1. The first-order valence-electron chi connectivity index (χ1n) is 4.62. The molecule has 0 atom stereocenters. The van der Waals surface area contributed by atoms with Crippen LogP contribution in [0.4, 0.5) is 0 Å². The van der Waals surface area contributed by atoms with Crippen LogP contribution in [0.1, 0.15) is 23.1 Å². The third-order valence-corrected chi connectivity index (χ3v) is 2.74. The maximum absolute atomic E-state index is 10.4. The van der Waals surface area contributed by atoms with Crippen LogP contribution < -0.4 is 0 Å². The largest absolute Gasteiger partial charge is 0.507 e. The molecule has 15 heavy (non-hydrogen) atoms. The Bertz CT molecular complexity index is 399. The molecule has 3 nitrogen and oxygen atoms in total. The average molecular weight is 229 g/mol. The van der Waals surface area contributed by atoms with Crippen LogP contribution in [0.5, 0.6) is 5.75 Å². The van der Waals surface area contributed by atoms with Gasteiger partial charge >= 0.3 is 5.97 Å². The lowest BCUT2D eigenvalue weighted by molar-refractivity contribution is -0.136. The predicted molar refractivity (Wildman–Crippen MR) is 58.5 cm³/mol. The fourth-order valence-electron chi connectivity index (χ4n) is 1.50. The minimum Gasteiger partial charge on any atom is -0.507 e. The van der Waals surface area contributed by atoms with E-state index in [1.807, 2.05) is 0 Å². The molecule has 0 aliphatic heterocycles. The van der Waals surface area contributed by atoms with Gasteiger partial charge in [-0.1, -0.05) is 11.6 Å². The average Bonchev–Trinajstić information content (AvgIpc) is 2.14. The van der Waals surface area contributed by atoms with E-state index in [1.54, 1.807) is 19.9 Å². The number of hydrogen-bond acceptors (Lipinski definition) is 2. The molecule has 82 valence electrons. The zero-order chi connectivity index (χ0) is 11.6. The van der Waals surface area contributed by atoms with Crippen LogP contribution in [0.2, 0.25) is 5.02 Å². The summed E-state index contributed by atoms with van der Waals surface area (Å²) in [5, 5.41) is 18.8. The Labute approximate surface area is 93.3 Å². The highest BCUT2D eigenvalue weighted by Gasteiger charge is 2.12. The Balaban J connectivity index is 3.07. The molecule has 4 heteroatoms. The van der Waals surface area contributed by atoms with Crippen molar-refractivity contribution in [3.05, 3.63) is 27.8 Å². The summed E-state index contributed by atoms with van der Waals surface area (Å²) < 4.78 is 0. The summed E-state index contributed by atoms with van der Waals surface area (Å²) in [6.07, 6.45) is 0.358. The molecule has 2 N–H and O–H groups in total. The second kappa shape index (κ2) is 4.53. The van der Waals surface area contributed by atoms with Crippen molar-refractivity contribution in [3.63, 3.8) is 0 Å². The van der Waals surface area contributed by atoms with E-state index in [1.165, 1.54) is 0 Å². The SMILES string of the molecule is Cc1cc(Cl)c(CCC(=O)O)c(C)c1O. The lowest BCUT2D eigenvalue weighted by Crippen LogP contribution is -2.00. The number of carbonyl (C=O) groups is 1. The summed E-state index contributed by atoms with van der Waals surface area (Å²) in [5.41, 5.74) is 2.08. The number of aliphatic carboxylic acids is 1. The van der Waals surface area contributed by atoms with Crippen molar-refractivity contribution in [1.29, 1.82) is 0 Å². The number of aromatic hydroxyl groups is 1. The van der Waals surface area contributed by atoms with Gasteiger partial charge < -0.3 is 10.2 Å². The van der Waals surface area contributed by atoms with E-state index in [0.717, 1.165) is 0 Å². The van der Waals surface area contributed by atoms with Gasteiger partial charge in [0.2, 0.25) is 0 Å². The van der Waals surface area contributed by atoms with Gasteiger partial charge in [0.1, 0.15) is 5.75 Å². The first-order valence-corrected chi connectivity index (χ1v) is 5.00. The molecule has 0 fully saturated rings. The maximum Gasteiger partial charge on any atom is 0.303 e. The lowest BCUT2D eigenvalue weighted by Gasteiger charge is -2.11. The van der Waals surface area contributed by atoms with Gasteiger partial charge in [0, 0.05) is 11.4 Å². The van der Waals surface area contributed by atoms with Crippen LogP contribution in [-0.2, 0) is 11.2 Å². The van der Waals surface area contributed by atoms with Crippen molar-refractivity contribution >= 4 is 17.6 Å². The molecule has 1 aromatic carbocycles. The smallest absolute Gasteiger partial charge is 0.303 e. The van der Waals surface area contributed by atoms with Gasteiger partial charge in [-0.25, -0.2) is 0 Å². The molecule has 0 spiro atoms. The number of carboxylic acids is 1. The number of benzene rings is 1. The van der Waals surface area contributed by atoms with Gasteiger partial charge in [-0.05, 0) is 43.0 Å². The van der Waals surface area contributed by atoms with Crippen LogP contribution in [0.25, 0.3) is 0 Å². The van der Waals surface area contributed by atoms with Gasteiger partial charge in [0.15, 0.2) is 0 Å². The van der Waals surface area contributed by atoms with Crippen LogP contribution in [0.3, 0.4) is 0 Å². The van der Waals surface area contributed by atoms with E-state index in [9.17, 15) is 9.90 Å². The standard InChI is InChI=1S/C11H13ClO3/c1-6-5-9(12)8(3-4-10(13)14)7(2)11(6)15/h5,15H,3-4H2,1-2H3,(H,13,14). The summed E-state index contributed by atoms with van der Waals surface area (Å²) in [4.78, 5) is 10.4. The minimum absolute atomic E-state index is 0.0169. The van der Waals surface area contributed by atoms with Crippen molar-refractivity contribution in [1.82, 2.24) is 0 Å². The quantitative estimate of drug-likeness (QED) is 0.836. The molecule has 1 rings (SSSR count). The molecule has 0 radical (unpaired) electrons. The molecule has 0 aliphatic carbocycles. The Morgan fingerprint density at radius 3 is 2.60 bits per heavy atom. The van der Waals surface area contributed by atoms with Gasteiger partial charge in [-0.15, -0.1) is 0 Å². The molecule has 0 saturated heterocycles. The van der Waals surface area contributed by atoms with E-state index in [4.69, 9.17) is 16.7 Å². The second-order valence-corrected chi connectivity index (χ2v) is 3.93. The third kappa shape index (κ3) is 2.63. The normalized spacial score (nSPS) is 10.3. The van der Waals surface area contributed by atoms with E-state index >= 15 is 0 Å². The molecular weight excluding hydrogens is 216 g/mol. The summed E-state index contributed by atoms with van der Waals surface area (Å²) in [6, 6.07) is 1.65. The maximum atomic E-state index is 10.4. The molecule has 0 bridgehead atoms. The predicted octanol–water partition coefficient (Wildman–Crippen LogP) is 2.68. The summed E-state index contributed by atoms with van der Waals surface area (Å²) in [5.74, 6) is -0.676. The number of phenols is 1. The van der Waals surface area contributed by atoms with Crippen molar-refractivity contribution in [3.8, 4) is 5.75 Å². The highest BCUT2D eigenvalue weighted by Crippen LogP contribution is 2.31. The summed E-state index contributed by atoms with van der Waals surface area (Å²) >= 11 is 5.99. The van der Waals surface area contributed by atoms with Crippen LogP contribution in [0, 0.1) is 13.8 Å². The molecule has 0 heterocycles. The van der Waals surface area contributed by atoms with Crippen molar-refractivity contribution in [2.75, 3.05) is 0 Å². The topological polar surface area (TPSA) is 57.5 Å². The summed E-state index contributed by atoms with van der Waals surface area (Å²) in [7, 11) is 0. The molecule has 0 saturated carbocycles. The Kier molecular flexibility index (Phi) is 3.58. The monoisotopic (exact) mass is 228 g/mol. The number of aryl methyl sites for hydroxylation is 1. The number of halogens is 1. The first kappa shape index (κ1) is 11.9. The Morgan fingerprint density at radius 1 is 1.47 bits per heavy atom. The molecule has 0 amide bonds. The third-order valence-electron chi connectivity index (χ3n) is 2.40. The molecule has 0 aliphatic rings. The van der Waals surface area contributed by atoms with Gasteiger partial charge in [0.25, 0.3) is 0 Å². The van der Waals surface area contributed by atoms with Crippen molar-refractivity contribution < 1.29 is 15.0 Å². The number of carboxylic acid groups (broad SMARTS) is 1. The van der Waals surface area contributed by atoms with Crippen molar-refractivity contribution in [2.45, 2.75) is 26.7 Å². The van der Waals surface area contributed by atoms with Crippen LogP contribution >= 0.6 is 11.6 Å².